The van der Waals surface area contributed by atoms with Gasteiger partial charge >= 0.3 is 6.03 Å². The largest absolute Gasteiger partial charge is 0.359 e. The summed E-state index contributed by atoms with van der Waals surface area (Å²) in [5, 5.41) is 11.8. The molecule has 0 aliphatic rings. The number of hydrogen-bond acceptors (Lipinski definition) is 7. The maximum atomic E-state index is 12.3. The van der Waals surface area contributed by atoms with Gasteiger partial charge in [0.25, 0.3) is 0 Å². The zero-order valence-corrected chi connectivity index (χ0v) is 17.8. The van der Waals surface area contributed by atoms with Crippen molar-refractivity contribution in [3.8, 4) is 22.5 Å². The van der Waals surface area contributed by atoms with Gasteiger partial charge in [0.2, 0.25) is 0 Å². The first-order chi connectivity index (χ1) is 14.5. The number of hydrazine groups is 1. The molecule has 0 fully saturated rings. The minimum Gasteiger partial charge on any atom is -0.359 e. The molecule has 0 aliphatic carbocycles. The number of aromatic nitrogens is 3. The van der Waals surface area contributed by atoms with Crippen LogP contribution in [0.1, 0.15) is 5.76 Å². The monoisotopic (exact) mass is 460 g/mol. The van der Waals surface area contributed by atoms with Gasteiger partial charge in [-0.05, 0) is 42.7 Å². The number of primary amides is 1. The van der Waals surface area contributed by atoms with Crippen molar-refractivity contribution in [1.29, 1.82) is 0 Å². The van der Waals surface area contributed by atoms with Crippen LogP contribution in [-0.4, -0.2) is 20.8 Å². The standard InChI is InChI=1S/C19H14Cl2N6O2S/c1-10-18(17(25-29-10)16-13(20)3-2-4-14(16)21)27(19(22)28)24-12-7-5-11(6-8-12)15-9-30-26-23-15/h2-9,24H,1H3,(H2,22,28). The fourth-order valence-corrected chi connectivity index (χ4v) is 3.92. The van der Waals surface area contributed by atoms with Crippen molar-refractivity contribution < 1.29 is 9.32 Å². The number of anilines is 2. The van der Waals surface area contributed by atoms with Crippen LogP contribution in [0.25, 0.3) is 22.5 Å². The maximum absolute atomic E-state index is 12.3. The molecule has 11 heteroatoms. The molecule has 152 valence electrons. The summed E-state index contributed by atoms with van der Waals surface area (Å²) in [4.78, 5) is 12.3. The van der Waals surface area contributed by atoms with Gasteiger partial charge in [0.05, 0.1) is 15.7 Å². The van der Waals surface area contributed by atoms with Crippen LogP contribution in [0.3, 0.4) is 0 Å². The van der Waals surface area contributed by atoms with E-state index in [1.165, 1.54) is 11.5 Å². The van der Waals surface area contributed by atoms with Gasteiger partial charge in [-0.2, -0.15) is 5.01 Å². The zero-order valence-electron chi connectivity index (χ0n) is 15.5. The van der Waals surface area contributed by atoms with E-state index in [-0.39, 0.29) is 0 Å². The molecule has 4 aromatic rings. The molecule has 2 aromatic heterocycles. The maximum Gasteiger partial charge on any atom is 0.338 e. The number of carbonyl (C=O) groups is 1. The van der Waals surface area contributed by atoms with Crippen molar-refractivity contribution in [2.24, 2.45) is 5.73 Å². The highest BCUT2D eigenvalue weighted by molar-refractivity contribution is 7.03. The van der Waals surface area contributed by atoms with E-state index < -0.39 is 6.03 Å². The van der Waals surface area contributed by atoms with Gasteiger partial charge in [0, 0.05) is 16.5 Å². The lowest BCUT2D eigenvalue weighted by Gasteiger charge is -2.22. The number of nitrogens with zero attached hydrogens (tertiary/aromatic N) is 4. The molecule has 30 heavy (non-hydrogen) atoms. The molecule has 8 nitrogen and oxygen atoms in total. The van der Waals surface area contributed by atoms with Gasteiger partial charge in [-0.25, -0.2) is 4.79 Å². The topological polar surface area (TPSA) is 110 Å². The highest BCUT2D eigenvalue weighted by Crippen LogP contribution is 2.41. The number of hydrogen-bond donors (Lipinski definition) is 2. The number of halogens is 2. The lowest BCUT2D eigenvalue weighted by molar-refractivity contribution is 0.255. The number of nitrogens with two attached hydrogens (primary N) is 1. The third-order valence-electron chi connectivity index (χ3n) is 4.26. The van der Waals surface area contributed by atoms with E-state index in [4.69, 9.17) is 33.5 Å². The van der Waals surface area contributed by atoms with E-state index >= 15 is 0 Å². The van der Waals surface area contributed by atoms with Crippen LogP contribution in [0.4, 0.5) is 16.2 Å². The molecule has 2 aromatic carbocycles. The Morgan fingerprint density at radius 3 is 2.47 bits per heavy atom. The molecule has 0 radical (unpaired) electrons. The molecule has 0 spiro atoms. The second kappa shape index (κ2) is 8.31. The first kappa shape index (κ1) is 20.1. The summed E-state index contributed by atoms with van der Waals surface area (Å²) >= 11 is 13.9. The first-order valence-electron chi connectivity index (χ1n) is 8.60. The molecule has 0 atom stereocenters. The van der Waals surface area contributed by atoms with Gasteiger partial charge < -0.3 is 10.3 Å². The molecule has 2 amide bonds. The summed E-state index contributed by atoms with van der Waals surface area (Å²) in [6.07, 6.45) is 0. The fourth-order valence-electron chi connectivity index (χ4n) is 2.87. The van der Waals surface area contributed by atoms with Crippen molar-refractivity contribution in [3.63, 3.8) is 0 Å². The summed E-state index contributed by atoms with van der Waals surface area (Å²) in [6, 6.07) is 11.6. The Hall–Kier alpha value is -3.14. The molecule has 4 rings (SSSR count). The van der Waals surface area contributed by atoms with Crippen LogP contribution in [0.15, 0.2) is 52.4 Å². The minimum atomic E-state index is -0.765. The predicted octanol–water partition coefficient (Wildman–Crippen LogP) is 5.39. The van der Waals surface area contributed by atoms with Gasteiger partial charge in [-0.1, -0.05) is 51.0 Å². The van der Waals surface area contributed by atoms with Crippen molar-refractivity contribution >= 4 is 52.1 Å². The van der Waals surface area contributed by atoms with E-state index in [0.717, 1.165) is 16.3 Å². The molecule has 0 saturated heterocycles. The van der Waals surface area contributed by atoms with Gasteiger partial charge in [-0.15, -0.1) is 5.10 Å². The Balaban J connectivity index is 1.71. The lowest BCUT2D eigenvalue weighted by Crippen LogP contribution is -2.40. The van der Waals surface area contributed by atoms with Gasteiger partial charge in [0.15, 0.2) is 5.76 Å². The number of carbonyl (C=O) groups excluding carboxylic acids is 1. The van der Waals surface area contributed by atoms with Crippen LogP contribution >= 0.6 is 34.7 Å². The van der Waals surface area contributed by atoms with E-state index in [1.54, 1.807) is 37.3 Å². The number of amides is 2. The van der Waals surface area contributed by atoms with Crippen LogP contribution in [0, 0.1) is 6.92 Å². The summed E-state index contributed by atoms with van der Waals surface area (Å²) in [7, 11) is 0. The molecule has 0 unspecified atom stereocenters. The van der Waals surface area contributed by atoms with E-state index in [1.807, 2.05) is 17.5 Å². The Kier molecular flexibility index (Phi) is 5.58. The Bertz CT molecular complexity index is 1170. The normalized spacial score (nSPS) is 10.8. The zero-order chi connectivity index (χ0) is 21.3. The average Bonchev–Trinajstić information content (AvgIpc) is 3.37. The Morgan fingerprint density at radius 1 is 1.17 bits per heavy atom. The number of benzene rings is 2. The average molecular weight is 461 g/mol. The highest BCUT2D eigenvalue weighted by Gasteiger charge is 2.27. The van der Waals surface area contributed by atoms with Crippen molar-refractivity contribution in [2.75, 3.05) is 10.4 Å². The van der Waals surface area contributed by atoms with Crippen LogP contribution in [0.2, 0.25) is 10.0 Å². The predicted molar refractivity (Wildman–Crippen MR) is 118 cm³/mol. The van der Waals surface area contributed by atoms with Crippen molar-refractivity contribution in [3.05, 3.63) is 63.7 Å². The fraction of sp³-hybridized carbons (Fsp3) is 0.0526. The second-order valence-corrected chi connectivity index (χ2v) is 7.61. The highest BCUT2D eigenvalue weighted by atomic mass is 35.5. The minimum absolute atomic E-state index is 0.291. The molecule has 0 saturated carbocycles. The van der Waals surface area contributed by atoms with Crippen LogP contribution in [-0.2, 0) is 0 Å². The van der Waals surface area contributed by atoms with Crippen molar-refractivity contribution in [2.45, 2.75) is 6.92 Å². The summed E-state index contributed by atoms with van der Waals surface area (Å²) in [5.74, 6) is 0.359. The lowest BCUT2D eigenvalue weighted by atomic mass is 10.1. The molecule has 0 aliphatic heterocycles. The summed E-state index contributed by atoms with van der Waals surface area (Å²) in [5.41, 5.74) is 11.9. The van der Waals surface area contributed by atoms with E-state index in [0.29, 0.717) is 38.4 Å². The Labute approximate surface area is 185 Å². The summed E-state index contributed by atoms with van der Waals surface area (Å²) < 4.78 is 9.18. The summed E-state index contributed by atoms with van der Waals surface area (Å²) in [6.45, 7) is 1.66. The smallest absolute Gasteiger partial charge is 0.338 e. The number of rotatable bonds is 5. The van der Waals surface area contributed by atoms with Crippen LogP contribution in [0.5, 0.6) is 0 Å². The third kappa shape index (κ3) is 3.82. The SMILES string of the molecule is Cc1onc(-c2c(Cl)cccc2Cl)c1N(Nc1ccc(-c2csnn2)cc1)C(N)=O. The molecular weight excluding hydrogens is 447 g/mol. The Morgan fingerprint density at radius 2 is 1.87 bits per heavy atom. The molecule has 3 N–H and O–H groups in total. The molecule has 0 bridgehead atoms. The third-order valence-corrected chi connectivity index (χ3v) is 5.39. The quantitative estimate of drug-likeness (QED) is 0.386. The molecule has 2 heterocycles. The van der Waals surface area contributed by atoms with Gasteiger partial charge in [-0.3, -0.25) is 5.43 Å². The van der Waals surface area contributed by atoms with Crippen LogP contribution < -0.4 is 16.2 Å². The number of urea groups is 1. The van der Waals surface area contributed by atoms with Crippen molar-refractivity contribution in [1.82, 2.24) is 14.7 Å². The number of nitrogens with one attached hydrogen (secondary N) is 1. The number of aryl methyl sites for hydroxylation is 1. The first-order valence-corrected chi connectivity index (χ1v) is 10.2. The van der Waals surface area contributed by atoms with Gasteiger partial charge in [0.1, 0.15) is 17.1 Å². The second-order valence-electron chi connectivity index (χ2n) is 6.19. The van der Waals surface area contributed by atoms with E-state index in [2.05, 4.69) is 20.2 Å². The molecular formula is C19H14Cl2N6O2S. The van der Waals surface area contributed by atoms with E-state index in [9.17, 15) is 4.79 Å².